The SMILES string of the molecule is C/C(=N/[O])c1ccccc1. The Morgan fingerprint density at radius 3 is 2.40 bits per heavy atom. The van der Waals surface area contributed by atoms with Gasteiger partial charge >= 0.3 is 0 Å². The van der Waals surface area contributed by atoms with E-state index in [0.717, 1.165) is 5.56 Å². The standard InChI is InChI=1S/C8H8NO/c1-7(9-10)8-5-3-2-4-6-8/h2-6H,1H3/b9-7-. The molecule has 0 saturated carbocycles. The van der Waals surface area contributed by atoms with Gasteiger partial charge in [-0.05, 0) is 17.6 Å². The molecule has 0 aliphatic rings. The lowest BCUT2D eigenvalue weighted by molar-refractivity contribution is 0.209. The van der Waals surface area contributed by atoms with Gasteiger partial charge in [0.05, 0.1) is 5.71 Å². The highest BCUT2D eigenvalue weighted by molar-refractivity contribution is 5.98. The second-order valence-corrected chi connectivity index (χ2v) is 2.04. The van der Waals surface area contributed by atoms with Gasteiger partial charge in [-0.1, -0.05) is 30.3 Å². The minimum atomic E-state index is 0.528. The summed E-state index contributed by atoms with van der Waals surface area (Å²) in [6.45, 7) is 1.70. The first-order chi connectivity index (χ1) is 4.84. The smallest absolute Gasteiger partial charge is 0.0890 e. The Bertz CT molecular complexity index is 228. The van der Waals surface area contributed by atoms with Gasteiger partial charge in [-0.3, -0.25) is 0 Å². The lowest BCUT2D eigenvalue weighted by atomic mass is 10.1. The van der Waals surface area contributed by atoms with Crippen LogP contribution in [0.4, 0.5) is 0 Å². The van der Waals surface area contributed by atoms with Crippen molar-refractivity contribution in [3.8, 4) is 0 Å². The van der Waals surface area contributed by atoms with Crippen LogP contribution in [0.25, 0.3) is 0 Å². The molecule has 1 aromatic rings. The summed E-state index contributed by atoms with van der Waals surface area (Å²) >= 11 is 0. The molecule has 2 heteroatoms. The van der Waals surface area contributed by atoms with Gasteiger partial charge in [0.25, 0.3) is 0 Å². The molecule has 1 aromatic carbocycles. The normalized spacial score (nSPS) is 11.5. The molecule has 10 heavy (non-hydrogen) atoms. The van der Waals surface area contributed by atoms with Crippen molar-refractivity contribution in [2.24, 2.45) is 5.16 Å². The highest BCUT2D eigenvalue weighted by Gasteiger charge is 1.93. The average molecular weight is 134 g/mol. The van der Waals surface area contributed by atoms with E-state index in [2.05, 4.69) is 5.16 Å². The highest BCUT2D eigenvalue weighted by atomic mass is 16.4. The van der Waals surface area contributed by atoms with Gasteiger partial charge < -0.3 is 0 Å². The predicted molar refractivity (Wildman–Crippen MR) is 39.3 cm³/mol. The molecule has 0 saturated heterocycles. The summed E-state index contributed by atoms with van der Waals surface area (Å²) in [4.78, 5) is 0. The molecule has 0 amide bonds. The maximum atomic E-state index is 10.0. The van der Waals surface area contributed by atoms with Crippen molar-refractivity contribution in [3.63, 3.8) is 0 Å². The third-order valence-electron chi connectivity index (χ3n) is 1.33. The number of hydrogen-bond acceptors (Lipinski definition) is 1. The summed E-state index contributed by atoms with van der Waals surface area (Å²) in [5, 5.41) is 12.8. The van der Waals surface area contributed by atoms with Crippen molar-refractivity contribution >= 4 is 5.71 Å². The van der Waals surface area contributed by atoms with Gasteiger partial charge in [0.2, 0.25) is 0 Å². The number of hydrogen-bond donors (Lipinski definition) is 0. The van der Waals surface area contributed by atoms with Crippen LogP contribution < -0.4 is 0 Å². The van der Waals surface area contributed by atoms with E-state index in [0.29, 0.717) is 5.71 Å². The fourth-order valence-corrected chi connectivity index (χ4v) is 0.732. The topological polar surface area (TPSA) is 32.3 Å². The van der Waals surface area contributed by atoms with E-state index in [9.17, 15) is 5.21 Å². The molecule has 0 spiro atoms. The summed E-state index contributed by atoms with van der Waals surface area (Å²) in [5.74, 6) is 0. The molecule has 0 heterocycles. The molecule has 0 bridgehead atoms. The highest BCUT2D eigenvalue weighted by Crippen LogP contribution is 1.99. The lowest BCUT2D eigenvalue weighted by Gasteiger charge is -1.93. The molecule has 1 rings (SSSR count). The molecule has 0 N–H and O–H groups in total. The quantitative estimate of drug-likeness (QED) is 0.414. The van der Waals surface area contributed by atoms with E-state index in [-0.39, 0.29) is 0 Å². The summed E-state index contributed by atoms with van der Waals surface area (Å²) < 4.78 is 0. The van der Waals surface area contributed by atoms with E-state index in [1.165, 1.54) is 0 Å². The summed E-state index contributed by atoms with van der Waals surface area (Å²) in [5.41, 5.74) is 1.41. The Balaban J connectivity index is 2.96. The molecule has 2 nitrogen and oxygen atoms in total. The zero-order valence-corrected chi connectivity index (χ0v) is 5.74. The van der Waals surface area contributed by atoms with Crippen molar-refractivity contribution in [2.45, 2.75) is 6.92 Å². The molecule has 0 aliphatic heterocycles. The first-order valence-corrected chi connectivity index (χ1v) is 3.07. The first-order valence-electron chi connectivity index (χ1n) is 3.07. The average Bonchev–Trinajstić information content (AvgIpc) is 2.05. The summed E-state index contributed by atoms with van der Waals surface area (Å²) in [6.07, 6.45) is 0. The summed E-state index contributed by atoms with van der Waals surface area (Å²) in [7, 11) is 0. The van der Waals surface area contributed by atoms with Gasteiger partial charge in [-0.2, -0.15) is 0 Å². The van der Waals surface area contributed by atoms with Crippen molar-refractivity contribution < 1.29 is 5.21 Å². The van der Waals surface area contributed by atoms with Crippen molar-refractivity contribution in [1.82, 2.24) is 0 Å². The Labute approximate surface area is 59.8 Å². The first kappa shape index (κ1) is 6.81. The van der Waals surface area contributed by atoms with Crippen LogP contribution in [0.1, 0.15) is 12.5 Å². The fraction of sp³-hybridized carbons (Fsp3) is 0.125. The maximum Gasteiger partial charge on any atom is 0.0890 e. The van der Waals surface area contributed by atoms with Gasteiger partial charge in [0.15, 0.2) is 0 Å². The van der Waals surface area contributed by atoms with E-state index in [1.807, 2.05) is 30.3 Å². The van der Waals surface area contributed by atoms with E-state index >= 15 is 0 Å². The van der Waals surface area contributed by atoms with Crippen molar-refractivity contribution in [2.75, 3.05) is 0 Å². The van der Waals surface area contributed by atoms with Crippen LogP contribution in [0.5, 0.6) is 0 Å². The maximum absolute atomic E-state index is 10.0. The minimum absolute atomic E-state index is 0.528. The molecule has 0 aliphatic carbocycles. The third-order valence-corrected chi connectivity index (χ3v) is 1.33. The Morgan fingerprint density at radius 2 is 1.90 bits per heavy atom. The minimum Gasteiger partial charge on any atom is -0.145 e. The van der Waals surface area contributed by atoms with E-state index < -0.39 is 0 Å². The second kappa shape index (κ2) is 3.01. The molecule has 0 atom stereocenters. The molecule has 0 unspecified atom stereocenters. The fourth-order valence-electron chi connectivity index (χ4n) is 0.732. The predicted octanol–water partition coefficient (Wildman–Crippen LogP) is 1.84. The van der Waals surface area contributed by atoms with Gasteiger partial charge in [-0.15, -0.1) is 5.21 Å². The summed E-state index contributed by atoms with van der Waals surface area (Å²) in [6, 6.07) is 9.38. The van der Waals surface area contributed by atoms with Crippen LogP contribution in [0.3, 0.4) is 0 Å². The van der Waals surface area contributed by atoms with Crippen molar-refractivity contribution in [3.05, 3.63) is 35.9 Å². The molecular weight excluding hydrogens is 126 g/mol. The van der Waals surface area contributed by atoms with Crippen molar-refractivity contribution in [1.29, 1.82) is 0 Å². The Morgan fingerprint density at radius 1 is 1.30 bits per heavy atom. The van der Waals surface area contributed by atoms with Gasteiger partial charge in [-0.25, -0.2) is 0 Å². The number of benzene rings is 1. The largest absolute Gasteiger partial charge is 0.145 e. The van der Waals surface area contributed by atoms with Crippen LogP contribution >= 0.6 is 0 Å². The van der Waals surface area contributed by atoms with Crippen LogP contribution in [-0.4, -0.2) is 5.71 Å². The molecule has 1 radical (unpaired) electrons. The molecule has 0 fully saturated rings. The zero-order chi connectivity index (χ0) is 7.40. The Hall–Kier alpha value is -1.31. The second-order valence-electron chi connectivity index (χ2n) is 2.04. The molecular formula is C8H8NO. The molecule has 0 aromatic heterocycles. The lowest BCUT2D eigenvalue weighted by Crippen LogP contribution is -1.91. The number of nitrogens with zero attached hydrogens (tertiary/aromatic N) is 1. The monoisotopic (exact) mass is 134 g/mol. The van der Waals surface area contributed by atoms with Crippen LogP contribution in [0.15, 0.2) is 35.5 Å². The zero-order valence-electron chi connectivity index (χ0n) is 5.74. The van der Waals surface area contributed by atoms with Crippen LogP contribution in [0, 0.1) is 0 Å². The Kier molecular flexibility index (Phi) is 2.05. The van der Waals surface area contributed by atoms with Gasteiger partial charge in [0, 0.05) is 0 Å². The third kappa shape index (κ3) is 1.35. The van der Waals surface area contributed by atoms with Crippen LogP contribution in [-0.2, 0) is 5.21 Å². The van der Waals surface area contributed by atoms with E-state index in [1.54, 1.807) is 6.92 Å². The van der Waals surface area contributed by atoms with Crippen LogP contribution in [0.2, 0.25) is 0 Å². The van der Waals surface area contributed by atoms with E-state index in [4.69, 9.17) is 0 Å². The number of rotatable bonds is 1. The van der Waals surface area contributed by atoms with Gasteiger partial charge in [0.1, 0.15) is 0 Å². The molecule has 51 valence electrons.